The van der Waals surface area contributed by atoms with E-state index in [9.17, 15) is 38.7 Å². The number of hydrogen-bond acceptors (Lipinski definition) is 17. The fraction of sp³-hybridized carbons (Fsp3) is 0.129. The van der Waals surface area contributed by atoms with Crippen LogP contribution in [0.15, 0.2) is 69.0 Å². The standard InChI is InChI=1S/C23H23N7O7.2C4H6N4O/c24-19-12(20(34)30-23(25)29-19)10-16(31)26-13-6-7-14(27-18(13)11-4-2-1-3-5-11)21(35)28-15(22(36)37)8-9-17(32)33;2*5-2-1-3(9)8-4(6)7-2/h1-7,15H,8-10H2,(H,26,31)(H,28,35)(H,32,33)(H,36,37)(H5,24,25,29,30,34);2*1H,(H5,5,6,7,8,9)/t15-;;/m0../s1. The van der Waals surface area contributed by atoms with Gasteiger partial charge in [-0.15, -0.1) is 0 Å². The predicted octanol–water partition coefficient (Wildman–Crippen LogP) is -1.91. The number of rotatable bonds is 10. The first kappa shape index (κ1) is 41.1. The monoisotopic (exact) mass is 761 g/mol. The second-order valence-corrected chi connectivity index (χ2v) is 10.9. The maximum absolute atomic E-state index is 12.7. The van der Waals surface area contributed by atoms with Crippen molar-refractivity contribution in [1.29, 1.82) is 0 Å². The summed E-state index contributed by atoms with van der Waals surface area (Å²) >= 11 is 0. The van der Waals surface area contributed by atoms with Gasteiger partial charge in [0, 0.05) is 24.1 Å². The molecule has 0 saturated carbocycles. The summed E-state index contributed by atoms with van der Waals surface area (Å²) in [4.78, 5) is 103. The first-order valence-electron chi connectivity index (χ1n) is 15.4. The van der Waals surface area contributed by atoms with E-state index in [2.05, 4.69) is 45.5 Å². The Hall–Kier alpha value is -8.31. The molecule has 24 nitrogen and oxygen atoms in total. The second kappa shape index (κ2) is 18.8. The van der Waals surface area contributed by atoms with Gasteiger partial charge in [0.1, 0.15) is 29.2 Å². The van der Waals surface area contributed by atoms with Crippen LogP contribution in [0.1, 0.15) is 28.9 Å². The Morgan fingerprint density at radius 3 is 1.78 bits per heavy atom. The van der Waals surface area contributed by atoms with Gasteiger partial charge in [0.15, 0.2) is 0 Å². The number of benzene rings is 1. The number of carboxylic acids is 2. The van der Waals surface area contributed by atoms with Crippen molar-refractivity contribution in [1.82, 2.24) is 40.2 Å². The Bertz CT molecular complexity index is 2260. The van der Waals surface area contributed by atoms with Gasteiger partial charge in [0.25, 0.3) is 22.6 Å². The SMILES string of the molecule is Nc1cc(=O)[nH]c(N)n1.Nc1cc(=O)[nH]c(N)n1.Nc1nc(N)c(CC(=O)Nc2ccc(C(=O)N[C@@H](CCC(=O)O)C(=O)O)nc2-c2ccccc2)c(=O)[nH]1. The van der Waals surface area contributed by atoms with Gasteiger partial charge in [-0.05, 0) is 18.6 Å². The minimum atomic E-state index is -1.44. The Labute approximate surface area is 307 Å². The summed E-state index contributed by atoms with van der Waals surface area (Å²) in [5.41, 5.74) is 31.0. The normalized spacial score (nSPS) is 10.7. The molecule has 0 radical (unpaired) electrons. The maximum Gasteiger partial charge on any atom is 0.326 e. The van der Waals surface area contributed by atoms with Crippen LogP contribution in [-0.4, -0.2) is 74.9 Å². The van der Waals surface area contributed by atoms with Gasteiger partial charge in [-0.2, -0.15) is 15.0 Å². The Morgan fingerprint density at radius 2 is 1.29 bits per heavy atom. The number of nitrogens with one attached hydrogen (secondary N) is 5. The molecule has 0 unspecified atom stereocenters. The fourth-order valence-corrected chi connectivity index (χ4v) is 4.31. The van der Waals surface area contributed by atoms with Crippen LogP contribution in [0.25, 0.3) is 11.3 Å². The molecule has 288 valence electrons. The summed E-state index contributed by atoms with van der Waals surface area (Å²) < 4.78 is 0. The molecule has 5 rings (SSSR count). The number of aromatic nitrogens is 7. The lowest BCUT2D eigenvalue weighted by Crippen LogP contribution is -2.41. The number of carbonyl (C=O) groups is 4. The van der Waals surface area contributed by atoms with E-state index in [-0.39, 0.29) is 75.5 Å². The minimum Gasteiger partial charge on any atom is -0.481 e. The summed E-state index contributed by atoms with van der Waals surface area (Å²) in [6.45, 7) is 0. The molecule has 4 heterocycles. The lowest BCUT2D eigenvalue weighted by atomic mass is 10.1. The number of carboxylic acid groups (broad SMARTS) is 2. The molecule has 24 heteroatoms. The average molecular weight is 762 g/mol. The molecule has 55 heavy (non-hydrogen) atoms. The van der Waals surface area contributed by atoms with E-state index in [0.717, 1.165) is 12.1 Å². The number of H-pyrrole nitrogens is 3. The van der Waals surface area contributed by atoms with E-state index in [4.69, 9.17) is 39.5 Å². The van der Waals surface area contributed by atoms with Crippen molar-refractivity contribution >= 4 is 64.7 Å². The number of carbonyl (C=O) groups excluding carboxylic acids is 2. The van der Waals surface area contributed by atoms with Gasteiger partial charge in [0.05, 0.1) is 23.4 Å². The smallest absolute Gasteiger partial charge is 0.326 e. The topological polar surface area (TPSA) is 439 Å². The molecule has 2 amide bonds. The summed E-state index contributed by atoms with van der Waals surface area (Å²) in [5.74, 6) is -4.10. The van der Waals surface area contributed by atoms with E-state index < -0.39 is 48.2 Å². The predicted molar refractivity (Wildman–Crippen MR) is 199 cm³/mol. The second-order valence-electron chi connectivity index (χ2n) is 10.9. The highest BCUT2D eigenvalue weighted by molar-refractivity contribution is 5.99. The fourth-order valence-electron chi connectivity index (χ4n) is 4.31. The molecule has 1 atom stereocenters. The number of amides is 2. The summed E-state index contributed by atoms with van der Waals surface area (Å²) in [6.07, 6.45) is -1.20. The highest BCUT2D eigenvalue weighted by Crippen LogP contribution is 2.26. The molecule has 1 aromatic carbocycles. The van der Waals surface area contributed by atoms with E-state index in [0.29, 0.717) is 5.56 Å². The van der Waals surface area contributed by atoms with Gasteiger partial charge < -0.3 is 55.2 Å². The Kier molecular flexibility index (Phi) is 14.0. The van der Waals surface area contributed by atoms with Crippen molar-refractivity contribution in [2.75, 3.05) is 39.7 Å². The van der Waals surface area contributed by atoms with Crippen molar-refractivity contribution in [2.45, 2.75) is 25.3 Å². The highest BCUT2D eigenvalue weighted by Gasteiger charge is 2.23. The largest absolute Gasteiger partial charge is 0.481 e. The molecule has 0 spiro atoms. The molecule has 5 aromatic rings. The van der Waals surface area contributed by atoms with Crippen molar-refractivity contribution in [3.63, 3.8) is 0 Å². The van der Waals surface area contributed by atoms with Crippen molar-refractivity contribution in [3.05, 3.63) is 96.9 Å². The average Bonchev–Trinajstić information content (AvgIpc) is 3.08. The van der Waals surface area contributed by atoms with Crippen molar-refractivity contribution < 1.29 is 29.4 Å². The van der Waals surface area contributed by atoms with Crippen LogP contribution < -0.4 is 61.7 Å². The number of anilines is 7. The van der Waals surface area contributed by atoms with Gasteiger partial charge in [-0.3, -0.25) is 43.7 Å². The van der Waals surface area contributed by atoms with Gasteiger partial charge in [-0.1, -0.05) is 30.3 Å². The zero-order valence-electron chi connectivity index (χ0n) is 28.4. The number of nitrogen functional groups attached to an aromatic ring is 6. The Morgan fingerprint density at radius 1 is 0.727 bits per heavy atom. The van der Waals surface area contributed by atoms with Crippen LogP contribution in [0.4, 0.5) is 41.0 Å². The number of aromatic amines is 3. The van der Waals surface area contributed by atoms with E-state index >= 15 is 0 Å². The number of pyridine rings is 1. The molecular formula is C31H35N15O9. The van der Waals surface area contributed by atoms with Crippen LogP contribution in [0.3, 0.4) is 0 Å². The molecule has 0 bridgehead atoms. The minimum absolute atomic E-state index is 0.0417. The summed E-state index contributed by atoms with van der Waals surface area (Å²) in [7, 11) is 0. The van der Waals surface area contributed by atoms with Crippen LogP contribution in [0.2, 0.25) is 0 Å². The van der Waals surface area contributed by atoms with Crippen molar-refractivity contribution in [3.8, 4) is 11.3 Å². The van der Waals surface area contributed by atoms with Crippen LogP contribution in [0.5, 0.6) is 0 Å². The summed E-state index contributed by atoms with van der Waals surface area (Å²) in [5, 5.41) is 23.0. The Balaban J connectivity index is 0.000000365. The summed E-state index contributed by atoms with van der Waals surface area (Å²) in [6, 6.07) is 12.1. The quantitative estimate of drug-likeness (QED) is 0.0738. The van der Waals surface area contributed by atoms with E-state index in [1.807, 2.05) is 0 Å². The first-order chi connectivity index (χ1) is 25.9. The third-order valence-corrected chi connectivity index (χ3v) is 6.66. The molecule has 0 aliphatic carbocycles. The lowest BCUT2D eigenvalue weighted by molar-refractivity contribution is -0.140. The van der Waals surface area contributed by atoms with Crippen LogP contribution >= 0.6 is 0 Å². The molecule has 19 N–H and O–H groups in total. The zero-order valence-corrected chi connectivity index (χ0v) is 28.4. The number of aliphatic carboxylic acids is 2. The lowest BCUT2D eigenvalue weighted by Gasteiger charge is -2.15. The van der Waals surface area contributed by atoms with E-state index in [1.54, 1.807) is 30.3 Å². The molecule has 0 fully saturated rings. The third kappa shape index (κ3) is 13.1. The molecule has 0 saturated heterocycles. The van der Waals surface area contributed by atoms with Crippen LogP contribution in [0, 0.1) is 0 Å². The van der Waals surface area contributed by atoms with E-state index in [1.165, 1.54) is 12.1 Å². The molecule has 4 aromatic heterocycles. The highest BCUT2D eigenvalue weighted by atomic mass is 16.4. The van der Waals surface area contributed by atoms with Crippen LogP contribution in [-0.2, 0) is 20.8 Å². The molecular weight excluding hydrogens is 726 g/mol. The number of nitrogens with two attached hydrogens (primary N) is 6. The number of hydrogen-bond donors (Lipinski definition) is 13. The van der Waals surface area contributed by atoms with Gasteiger partial charge in [0.2, 0.25) is 23.8 Å². The molecule has 0 aliphatic heterocycles. The third-order valence-electron chi connectivity index (χ3n) is 6.66. The first-order valence-corrected chi connectivity index (χ1v) is 15.4. The maximum atomic E-state index is 12.7. The number of nitrogens with zero attached hydrogens (tertiary/aromatic N) is 4. The van der Waals surface area contributed by atoms with Gasteiger partial charge >= 0.3 is 11.9 Å². The van der Waals surface area contributed by atoms with Gasteiger partial charge in [-0.25, -0.2) is 9.78 Å². The van der Waals surface area contributed by atoms with Crippen molar-refractivity contribution in [2.24, 2.45) is 0 Å². The zero-order chi connectivity index (χ0) is 40.8. The molecule has 0 aliphatic rings.